The minimum atomic E-state index is 0.180. The fraction of sp³-hybridized carbons (Fsp3) is 0.588. The van der Waals surface area contributed by atoms with Crippen LogP contribution in [0.3, 0.4) is 0 Å². The average molecular weight is 303 g/mol. The number of nitrogens with two attached hydrogens (primary N) is 1. The number of benzene rings is 1. The van der Waals surface area contributed by atoms with Gasteiger partial charge >= 0.3 is 0 Å². The Kier molecular flexibility index (Phi) is 5.16. The molecule has 0 bridgehead atoms. The number of para-hydroxylation sites is 1. The zero-order chi connectivity index (χ0) is 15.2. The summed E-state index contributed by atoms with van der Waals surface area (Å²) in [5.41, 5.74) is 7.19. The maximum atomic E-state index is 6.03. The Morgan fingerprint density at radius 2 is 2.14 bits per heavy atom. The van der Waals surface area contributed by atoms with Crippen molar-refractivity contribution in [3.05, 3.63) is 29.8 Å². The summed E-state index contributed by atoms with van der Waals surface area (Å²) in [7, 11) is 0. The smallest absolute Gasteiger partial charge is 0.189 e. The lowest BCUT2D eigenvalue weighted by Crippen LogP contribution is -2.37. The Labute approximate surface area is 131 Å². The summed E-state index contributed by atoms with van der Waals surface area (Å²) in [5.74, 6) is 1.45. The molecule has 0 aliphatic carbocycles. The predicted octanol–water partition coefficient (Wildman–Crippen LogP) is 2.37. The molecule has 3 rings (SSSR count). The number of hydrogen-bond donors (Lipinski definition) is 2. The highest BCUT2D eigenvalue weighted by molar-refractivity contribution is 5.78. The third-order valence-corrected chi connectivity index (χ3v) is 4.29. The van der Waals surface area contributed by atoms with E-state index in [2.05, 4.69) is 16.4 Å². The molecule has 0 aromatic heterocycles. The number of hydrogen-bond acceptors (Lipinski definition) is 3. The van der Waals surface area contributed by atoms with Crippen molar-refractivity contribution in [1.82, 2.24) is 5.32 Å². The largest absolute Gasteiger partial charge is 0.493 e. The summed E-state index contributed by atoms with van der Waals surface area (Å²) in [6, 6.07) is 8.27. The maximum absolute atomic E-state index is 6.03. The fourth-order valence-corrected chi connectivity index (χ4v) is 3.08. The van der Waals surface area contributed by atoms with E-state index in [1.54, 1.807) is 0 Å². The highest BCUT2D eigenvalue weighted by Gasteiger charge is 2.21. The molecule has 22 heavy (non-hydrogen) atoms. The highest BCUT2D eigenvalue weighted by atomic mass is 16.5. The van der Waals surface area contributed by atoms with E-state index in [0.29, 0.717) is 25.2 Å². The van der Waals surface area contributed by atoms with Crippen LogP contribution in [0.5, 0.6) is 5.75 Å². The number of nitrogens with one attached hydrogen (secondary N) is 1. The van der Waals surface area contributed by atoms with Gasteiger partial charge in [0, 0.05) is 25.1 Å². The van der Waals surface area contributed by atoms with Gasteiger partial charge in [0.2, 0.25) is 0 Å². The van der Waals surface area contributed by atoms with Gasteiger partial charge in [0.05, 0.1) is 18.8 Å². The van der Waals surface area contributed by atoms with Crippen molar-refractivity contribution in [3.8, 4) is 5.75 Å². The Hall–Kier alpha value is -1.75. The van der Waals surface area contributed by atoms with Crippen molar-refractivity contribution >= 4 is 5.96 Å². The normalized spacial score (nSPS) is 25.2. The lowest BCUT2D eigenvalue weighted by atomic mass is 10.0. The van der Waals surface area contributed by atoms with Crippen LogP contribution < -0.4 is 15.8 Å². The molecular weight excluding hydrogens is 278 g/mol. The number of nitrogens with zero attached hydrogens (tertiary/aromatic N) is 1. The molecule has 3 N–H and O–H groups in total. The maximum Gasteiger partial charge on any atom is 0.189 e. The van der Waals surface area contributed by atoms with Gasteiger partial charge in [-0.1, -0.05) is 18.2 Å². The molecule has 0 saturated carbocycles. The molecule has 120 valence electrons. The average Bonchev–Trinajstić information content (AvgIpc) is 2.56. The van der Waals surface area contributed by atoms with Crippen LogP contribution in [0.15, 0.2) is 29.3 Å². The van der Waals surface area contributed by atoms with E-state index in [4.69, 9.17) is 15.2 Å². The summed E-state index contributed by atoms with van der Waals surface area (Å²) >= 11 is 0. The lowest BCUT2D eigenvalue weighted by molar-refractivity contribution is 0.0129. The predicted molar refractivity (Wildman–Crippen MR) is 87.1 cm³/mol. The number of rotatable bonds is 4. The van der Waals surface area contributed by atoms with Gasteiger partial charge in [-0.2, -0.15) is 0 Å². The van der Waals surface area contributed by atoms with Gasteiger partial charge in [-0.15, -0.1) is 0 Å². The van der Waals surface area contributed by atoms with Crippen molar-refractivity contribution in [1.29, 1.82) is 0 Å². The third kappa shape index (κ3) is 3.91. The Morgan fingerprint density at radius 3 is 3.00 bits per heavy atom. The monoisotopic (exact) mass is 303 g/mol. The SMILES string of the molecule is NC(=NCCC1CCCCO1)NC1CCOc2ccccc21. The van der Waals surface area contributed by atoms with Crippen molar-refractivity contribution < 1.29 is 9.47 Å². The molecule has 0 radical (unpaired) electrons. The minimum absolute atomic E-state index is 0.180. The number of ether oxygens (including phenoxy) is 2. The molecule has 2 unspecified atom stereocenters. The van der Waals surface area contributed by atoms with E-state index in [1.165, 1.54) is 12.8 Å². The first-order chi connectivity index (χ1) is 10.8. The Bertz CT molecular complexity index is 512. The summed E-state index contributed by atoms with van der Waals surface area (Å²) in [5, 5.41) is 3.32. The second-order valence-electron chi connectivity index (χ2n) is 5.92. The van der Waals surface area contributed by atoms with Crippen LogP contribution >= 0.6 is 0 Å². The van der Waals surface area contributed by atoms with Crippen LogP contribution in [-0.4, -0.2) is 31.8 Å². The summed E-state index contributed by atoms with van der Waals surface area (Å²) < 4.78 is 11.4. The molecule has 1 fully saturated rings. The number of fused-ring (bicyclic) bond motifs is 1. The van der Waals surface area contributed by atoms with E-state index in [1.807, 2.05) is 18.2 Å². The molecule has 0 amide bonds. The van der Waals surface area contributed by atoms with Crippen LogP contribution in [0, 0.1) is 0 Å². The molecule has 5 heteroatoms. The first-order valence-corrected chi connectivity index (χ1v) is 8.23. The zero-order valence-electron chi connectivity index (χ0n) is 13.0. The van der Waals surface area contributed by atoms with Crippen LogP contribution in [0.4, 0.5) is 0 Å². The standard InChI is InChI=1S/C17H25N3O2/c18-17(19-10-8-13-5-3-4-11-21-13)20-15-9-12-22-16-7-2-1-6-14(15)16/h1-2,6-7,13,15H,3-5,8-12H2,(H3,18,19,20). The Balaban J connectivity index is 1.51. The number of guanidine groups is 1. The van der Waals surface area contributed by atoms with Crippen LogP contribution in [0.2, 0.25) is 0 Å². The van der Waals surface area contributed by atoms with Crippen LogP contribution in [0.1, 0.15) is 43.7 Å². The number of aliphatic imine (C=N–C) groups is 1. The van der Waals surface area contributed by atoms with Gasteiger partial charge in [0.1, 0.15) is 5.75 Å². The summed E-state index contributed by atoms with van der Waals surface area (Å²) in [6.45, 7) is 2.31. The van der Waals surface area contributed by atoms with Gasteiger partial charge in [0.25, 0.3) is 0 Å². The van der Waals surface area contributed by atoms with E-state index >= 15 is 0 Å². The molecular formula is C17H25N3O2. The molecule has 0 spiro atoms. The van der Waals surface area contributed by atoms with Crippen molar-refractivity contribution in [2.24, 2.45) is 10.7 Å². The fourth-order valence-electron chi connectivity index (χ4n) is 3.08. The molecule has 1 aromatic carbocycles. The van der Waals surface area contributed by atoms with Gasteiger partial charge in [0.15, 0.2) is 5.96 Å². The molecule has 2 atom stereocenters. The van der Waals surface area contributed by atoms with Crippen molar-refractivity contribution in [3.63, 3.8) is 0 Å². The quantitative estimate of drug-likeness (QED) is 0.662. The van der Waals surface area contributed by atoms with Gasteiger partial charge in [-0.3, -0.25) is 4.99 Å². The highest BCUT2D eigenvalue weighted by Crippen LogP contribution is 2.31. The van der Waals surface area contributed by atoms with Gasteiger partial charge in [-0.25, -0.2) is 0 Å². The molecule has 1 saturated heterocycles. The first kappa shape index (κ1) is 15.2. The van der Waals surface area contributed by atoms with Crippen LogP contribution in [-0.2, 0) is 4.74 Å². The molecule has 1 aromatic rings. The Morgan fingerprint density at radius 1 is 1.23 bits per heavy atom. The molecule has 5 nitrogen and oxygen atoms in total. The summed E-state index contributed by atoms with van der Waals surface area (Å²) in [6.07, 6.45) is 5.81. The minimum Gasteiger partial charge on any atom is -0.493 e. The van der Waals surface area contributed by atoms with E-state index in [-0.39, 0.29) is 6.04 Å². The second kappa shape index (κ2) is 7.49. The van der Waals surface area contributed by atoms with Crippen molar-refractivity contribution in [2.75, 3.05) is 19.8 Å². The molecule has 2 aliphatic rings. The van der Waals surface area contributed by atoms with E-state index in [9.17, 15) is 0 Å². The van der Waals surface area contributed by atoms with Crippen molar-refractivity contribution in [2.45, 2.75) is 44.2 Å². The summed E-state index contributed by atoms with van der Waals surface area (Å²) in [4.78, 5) is 4.45. The van der Waals surface area contributed by atoms with E-state index in [0.717, 1.165) is 37.2 Å². The first-order valence-electron chi connectivity index (χ1n) is 8.23. The molecule has 2 heterocycles. The lowest BCUT2D eigenvalue weighted by Gasteiger charge is -2.27. The zero-order valence-corrected chi connectivity index (χ0v) is 13.0. The second-order valence-corrected chi connectivity index (χ2v) is 5.92. The van der Waals surface area contributed by atoms with E-state index < -0.39 is 0 Å². The molecule has 2 aliphatic heterocycles. The third-order valence-electron chi connectivity index (χ3n) is 4.29. The van der Waals surface area contributed by atoms with Gasteiger partial charge in [-0.05, 0) is 31.7 Å². The topological polar surface area (TPSA) is 68.9 Å². The van der Waals surface area contributed by atoms with Crippen LogP contribution in [0.25, 0.3) is 0 Å². The van der Waals surface area contributed by atoms with Gasteiger partial charge < -0.3 is 20.5 Å².